The standard InChI is InChI=1S/C18H14Cl2N2O3S/c19-14-6-8-16(20)17(10-14)26(24,25)22(11-18(21)23)15-7-5-12-3-1-2-4-13(12)9-15/h1-10H,11H2,(H2,21,23). The van der Waals surface area contributed by atoms with Crippen LogP contribution in [0.2, 0.25) is 10.0 Å². The first-order valence-corrected chi connectivity index (χ1v) is 9.73. The van der Waals surface area contributed by atoms with Crippen LogP contribution in [0.4, 0.5) is 5.69 Å². The van der Waals surface area contributed by atoms with Gasteiger partial charge in [0.15, 0.2) is 0 Å². The maximum Gasteiger partial charge on any atom is 0.266 e. The summed E-state index contributed by atoms with van der Waals surface area (Å²) in [5.74, 6) is -0.792. The Hall–Kier alpha value is -2.28. The topological polar surface area (TPSA) is 80.5 Å². The zero-order chi connectivity index (χ0) is 18.9. The molecule has 134 valence electrons. The van der Waals surface area contributed by atoms with E-state index in [1.807, 2.05) is 24.3 Å². The summed E-state index contributed by atoms with van der Waals surface area (Å²) in [6, 6.07) is 16.6. The molecule has 3 aromatic rings. The second-order valence-corrected chi connectivity index (χ2v) is 8.26. The Bertz CT molecular complexity index is 1100. The van der Waals surface area contributed by atoms with E-state index < -0.39 is 22.5 Å². The number of rotatable bonds is 5. The van der Waals surface area contributed by atoms with E-state index in [4.69, 9.17) is 28.9 Å². The molecule has 0 bridgehead atoms. The highest BCUT2D eigenvalue weighted by Gasteiger charge is 2.29. The molecule has 3 rings (SSSR count). The number of benzene rings is 3. The third kappa shape index (κ3) is 3.62. The van der Waals surface area contributed by atoms with Gasteiger partial charge in [-0.1, -0.05) is 53.5 Å². The zero-order valence-corrected chi connectivity index (χ0v) is 15.7. The number of carbonyl (C=O) groups is 1. The van der Waals surface area contributed by atoms with Crippen LogP contribution >= 0.6 is 23.2 Å². The van der Waals surface area contributed by atoms with Crippen LogP contribution in [-0.4, -0.2) is 20.9 Å². The Kier molecular flexibility index (Phi) is 5.09. The third-order valence-electron chi connectivity index (χ3n) is 3.78. The molecule has 3 aromatic carbocycles. The second kappa shape index (κ2) is 7.15. The monoisotopic (exact) mass is 408 g/mol. The highest BCUT2D eigenvalue weighted by Crippen LogP contribution is 2.31. The molecule has 0 saturated heterocycles. The lowest BCUT2D eigenvalue weighted by molar-refractivity contribution is -0.116. The van der Waals surface area contributed by atoms with Gasteiger partial charge in [-0.25, -0.2) is 8.42 Å². The van der Waals surface area contributed by atoms with Crippen LogP contribution in [0.1, 0.15) is 0 Å². The van der Waals surface area contributed by atoms with Gasteiger partial charge in [-0.2, -0.15) is 0 Å². The summed E-state index contributed by atoms with van der Waals surface area (Å²) in [7, 11) is -4.15. The fraction of sp³-hybridized carbons (Fsp3) is 0.0556. The molecule has 0 heterocycles. The van der Waals surface area contributed by atoms with Crippen LogP contribution in [0.15, 0.2) is 65.6 Å². The van der Waals surface area contributed by atoms with Gasteiger partial charge in [0.25, 0.3) is 10.0 Å². The molecule has 0 aromatic heterocycles. The van der Waals surface area contributed by atoms with Crippen molar-refractivity contribution in [2.75, 3.05) is 10.8 Å². The summed E-state index contributed by atoms with van der Waals surface area (Å²) >= 11 is 12.0. The summed E-state index contributed by atoms with van der Waals surface area (Å²) in [6.07, 6.45) is 0. The van der Waals surface area contributed by atoms with Gasteiger partial charge in [-0.3, -0.25) is 9.10 Å². The molecular weight excluding hydrogens is 395 g/mol. The van der Waals surface area contributed by atoms with Gasteiger partial charge < -0.3 is 5.73 Å². The minimum absolute atomic E-state index is 0.00431. The van der Waals surface area contributed by atoms with Crippen molar-refractivity contribution in [3.63, 3.8) is 0 Å². The van der Waals surface area contributed by atoms with Crippen LogP contribution in [0.25, 0.3) is 10.8 Å². The average molecular weight is 409 g/mol. The molecule has 0 saturated carbocycles. The minimum atomic E-state index is -4.15. The number of sulfonamides is 1. The van der Waals surface area contributed by atoms with Crippen LogP contribution in [0, 0.1) is 0 Å². The zero-order valence-electron chi connectivity index (χ0n) is 13.4. The molecule has 0 aliphatic heterocycles. The second-order valence-electron chi connectivity index (χ2n) is 5.58. The quantitative estimate of drug-likeness (QED) is 0.696. The van der Waals surface area contributed by atoms with E-state index in [1.165, 1.54) is 18.2 Å². The van der Waals surface area contributed by atoms with E-state index in [1.54, 1.807) is 18.2 Å². The Morgan fingerprint density at radius 2 is 1.65 bits per heavy atom. The molecule has 1 amide bonds. The molecule has 0 aliphatic rings. The van der Waals surface area contributed by atoms with E-state index >= 15 is 0 Å². The maximum absolute atomic E-state index is 13.2. The fourth-order valence-electron chi connectivity index (χ4n) is 2.58. The number of nitrogens with zero attached hydrogens (tertiary/aromatic N) is 1. The molecule has 0 radical (unpaired) electrons. The summed E-state index contributed by atoms with van der Waals surface area (Å²) in [5, 5.41) is 1.98. The first-order chi connectivity index (χ1) is 12.3. The summed E-state index contributed by atoms with van der Waals surface area (Å²) in [5.41, 5.74) is 5.59. The number of fused-ring (bicyclic) bond motifs is 1. The average Bonchev–Trinajstić information content (AvgIpc) is 2.61. The summed E-state index contributed by atoms with van der Waals surface area (Å²) < 4.78 is 27.2. The van der Waals surface area contributed by atoms with Crippen molar-refractivity contribution >= 4 is 55.6 Å². The van der Waals surface area contributed by atoms with E-state index in [0.29, 0.717) is 5.69 Å². The Balaban J connectivity index is 2.18. The van der Waals surface area contributed by atoms with Gasteiger partial charge in [0.1, 0.15) is 11.4 Å². The van der Waals surface area contributed by atoms with E-state index in [0.717, 1.165) is 15.1 Å². The van der Waals surface area contributed by atoms with E-state index in [-0.39, 0.29) is 14.9 Å². The number of amides is 1. The van der Waals surface area contributed by atoms with Crippen molar-refractivity contribution in [2.24, 2.45) is 5.73 Å². The third-order valence-corrected chi connectivity index (χ3v) is 6.27. The molecular formula is C18H14Cl2N2O3S. The molecule has 0 spiro atoms. The van der Waals surface area contributed by atoms with Crippen molar-refractivity contribution in [1.82, 2.24) is 0 Å². The molecule has 8 heteroatoms. The lowest BCUT2D eigenvalue weighted by Gasteiger charge is -2.24. The van der Waals surface area contributed by atoms with Crippen LogP contribution in [0.3, 0.4) is 0 Å². The number of hydrogen-bond acceptors (Lipinski definition) is 3. The fourth-order valence-corrected chi connectivity index (χ4v) is 4.74. The van der Waals surface area contributed by atoms with Gasteiger partial charge in [0.05, 0.1) is 10.7 Å². The number of carbonyl (C=O) groups excluding carboxylic acids is 1. The Morgan fingerprint density at radius 1 is 0.962 bits per heavy atom. The number of anilines is 1. The van der Waals surface area contributed by atoms with Crippen molar-refractivity contribution in [2.45, 2.75) is 4.90 Å². The van der Waals surface area contributed by atoms with Gasteiger partial charge in [-0.15, -0.1) is 0 Å². The molecule has 0 unspecified atom stereocenters. The van der Waals surface area contributed by atoms with Crippen molar-refractivity contribution < 1.29 is 13.2 Å². The normalized spacial score (nSPS) is 11.5. The van der Waals surface area contributed by atoms with Crippen LogP contribution < -0.4 is 10.0 Å². The Labute approximate surface area is 161 Å². The maximum atomic E-state index is 13.2. The lowest BCUT2D eigenvalue weighted by Crippen LogP contribution is -2.38. The predicted octanol–water partition coefficient (Wildman–Crippen LogP) is 3.83. The summed E-state index contributed by atoms with van der Waals surface area (Å²) in [4.78, 5) is 11.3. The SMILES string of the molecule is NC(=O)CN(c1ccc2ccccc2c1)S(=O)(=O)c1cc(Cl)ccc1Cl. The molecule has 0 fully saturated rings. The van der Waals surface area contributed by atoms with Crippen molar-refractivity contribution in [1.29, 1.82) is 0 Å². The largest absolute Gasteiger partial charge is 0.368 e. The highest BCUT2D eigenvalue weighted by atomic mass is 35.5. The molecule has 0 aliphatic carbocycles. The number of halogens is 2. The van der Waals surface area contributed by atoms with Crippen molar-refractivity contribution in [3.05, 3.63) is 70.7 Å². The molecule has 26 heavy (non-hydrogen) atoms. The predicted molar refractivity (Wildman–Crippen MR) is 104 cm³/mol. The van der Waals surface area contributed by atoms with Crippen LogP contribution in [-0.2, 0) is 14.8 Å². The highest BCUT2D eigenvalue weighted by molar-refractivity contribution is 7.93. The smallest absolute Gasteiger partial charge is 0.266 e. The van der Waals surface area contributed by atoms with Gasteiger partial charge in [0, 0.05) is 5.02 Å². The summed E-state index contributed by atoms with van der Waals surface area (Å²) in [6.45, 7) is -0.524. The number of primary amides is 1. The number of hydrogen-bond donors (Lipinski definition) is 1. The molecule has 2 N–H and O–H groups in total. The van der Waals surface area contributed by atoms with Crippen LogP contribution in [0.5, 0.6) is 0 Å². The first-order valence-electron chi connectivity index (χ1n) is 7.54. The number of nitrogens with two attached hydrogens (primary N) is 1. The molecule has 0 atom stereocenters. The Morgan fingerprint density at radius 3 is 2.35 bits per heavy atom. The molecule has 5 nitrogen and oxygen atoms in total. The van der Waals surface area contributed by atoms with Gasteiger partial charge >= 0.3 is 0 Å². The first kappa shape index (κ1) is 18.5. The minimum Gasteiger partial charge on any atom is -0.368 e. The van der Waals surface area contributed by atoms with Gasteiger partial charge in [-0.05, 0) is 41.1 Å². The van der Waals surface area contributed by atoms with E-state index in [9.17, 15) is 13.2 Å². The van der Waals surface area contributed by atoms with Crippen molar-refractivity contribution in [3.8, 4) is 0 Å². The van der Waals surface area contributed by atoms with E-state index in [2.05, 4.69) is 0 Å². The lowest BCUT2D eigenvalue weighted by atomic mass is 10.1. The van der Waals surface area contributed by atoms with Gasteiger partial charge in [0.2, 0.25) is 5.91 Å².